The molecule has 1 unspecified atom stereocenters. The number of hydrogen-bond acceptors (Lipinski definition) is 4. The van der Waals surface area contributed by atoms with Crippen molar-refractivity contribution >= 4 is 17.5 Å². The highest BCUT2D eigenvalue weighted by molar-refractivity contribution is 6.00. The Hall–Kier alpha value is -2.24. The van der Waals surface area contributed by atoms with Crippen molar-refractivity contribution in [2.24, 2.45) is 0 Å². The van der Waals surface area contributed by atoms with Crippen molar-refractivity contribution in [3.63, 3.8) is 0 Å². The predicted octanol–water partition coefficient (Wildman–Crippen LogP) is 1.06. The second-order valence-electron chi connectivity index (χ2n) is 5.13. The molecule has 114 valence electrons. The summed E-state index contributed by atoms with van der Waals surface area (Å²) in [6.45, 7) is 3.88. The van der Waals surface area contributed by atoms with E-state index in [-0.39, 0.29) is 17.9 Å². The smallest absolute Gasteiger partial charge is 0.255 e. The number of nitrogens with one attached hydrogen (secondary N) is 2. The van der Waals surface area contributed by atoms with E-state index < -0.39 is 6.04 Å². The van der Waals surface area contributed by atoms with Gasteiger partial charge in [0.1, 0.15) is 6.04 Å². The molecule has 1 fully saturated rings. The number of nitrogens with two attached hydrogens (primary N) is 1. The van der Waals surface area contributed by atoms with Crippen LogP contribution in [0.25, 0.3) is 0 Å². The third-order valence-electron chi connectivity index (χ3n) is 3.24. The summed E-state index contributed by atoms with van der Waals surface area (Å²) >= 11 is 0. The fraction of sp³-hybridized carbons (Fsp3) is 0.467. The zero-order valence-corrected chi connectivity index (χ0v) is 12.3. The van der Waals surface area contributed by atoms with Gasteiger partial charge in [-0.2, -0.15) is 0 Å². The van der Waals surface area contributed by atoms with E-state index in [4.69, 9.17) is 10.5 Å². The monoisotopic (exact) mass is 291 g/mol. The van der Waals surface area contributed by atoms with Gasteiger partial charge in [0, 0.05) is 6.04 Å². The van der Waals surface area contributed by atoms with Crippen molar-refractivity contribution in [3.8, 4) is 5.75 Å². The lowest BCUT2D eigenvalue weighted by Gasteiger charge is -2.16. The number of benzene rings is 1. The van der Waals surface area contributed by atoms with Crippen LogP contribution in [0.4, 0.5) is 5.69 Å². The van der Waals surface area contributed by atoms with E-state index in [0.717, 1.165) is 12.8 Å². The van der Waals surface area contributed by atoms with Gasteiger partial charge in [0.2, 0.25) is 5.91 Å². The van der Waals surface area contributed by atoms with E-state index in [1.807, 2.05) is 6.92 Å². The van der Waals surface area contributed by atoms with Gasteiger partial charge >= 0.3 is 0 Å². The molecule has 4 N–H and O–H groups in total. The number of carbonyl (C=O) groups excluding carboxylic acids is 2. The van der Waals surface area contributed by atoms with Gasteiger partial charge in [-0.25, -0.2) is 0 Å². The van der Waals surface area contributed by atoms with Gasteiger partial charge in [0.05, 0.1) is 17.9 Å². The first kappa shape index (κ1) is 15.2. The van der Waals surface area contributed by atoms with Crippen LogP contribution >= 0.6 is 0 Å². The molecule has 1 aliphatic carbocycles. The van der Waals surface area contributed by atoms with Crippen molar-refractivity contribution in [1.82, 2.24) is 10.6 Å². The molecule has 6 heteroatoms. The first-order valence-electron chi connectivity index (χ1n) is 7.15. The summed E-state index contributed by atoms with van der Waals surface area (Å²) in [6, 6.07) is 4.65. The SMILES string of the molecule is CCOc1c(N)cccc1C(=O)NC(C)C(=O)NC1CC1. The minimum atomic E-state index is -0.603. The standard InChI is InChI=1S/C15H21N3O3/c1-3-21-13-11(5-4-6-12(13)16)15(20)17-9(2)14(19)18-10-7-8-10/h4-6,9-10H,3,7-8,16H2,1-2H3,(H,17,20)(H,18,19). The molecule has 1 aliphatic rings. The maximum Gasteiger partial charge on any atom is 0.255 e. The molecule has 6 nitrogen and oxygen atoms in total. The van der Waals surface area contributed by atoms with Crippen molar-refractivity contribution in [1.29, 1.82) is 0 Å². The average Bonchev–Trinajstić information content (AvgIpc) is 3.25. The van der Waals surface area contributed by atoms with Crippen LogP contribution in [0.3, 0.4) is 0 Å². The molecule has 1 aromatic rings. The Morgan fingerprint density at radius 2 is 2.14 bits per heavy atom. The fourth-order valence-electron chi connectivity index (χ4n) is 1.93. The molecular weight excluding hydrogens is 270 g/mol. The lowest BCUT2D eigenvalue weighted by molar-refractivity contribution is -0.122. The maximum atomic E-state index is 12.3. The molecule has 0 heterocycles. The second-order valence-corrected chi connectivity index (χ2v) is 5.13. The lowest BCUT2D eigenvalue weighted by atomic mass is 10.1. The van der Waals surface area contributed by atoms with Crippen molar-refractivity contribution < 1.29 is 14.3 Å². The maximum absolute atomic E-state index is 12.3. The van der Waals surface area contributed by atoms with Gasteiger partial charge in [0.25, 0.3) is 5.91 Å². The zero-order valence-electron chi connectivity index (χ0n) is 12.3. The van der Waals surface area contributed by atoms with E-state index in [2.05, 4.69) is 10.6 Å². The van der Waals surface area contributed by atoms with E-state index in [1.165, 1.54) is 0 Å². The molecule has 1 saturated carbocycles. The molecule has 1 aromatic carbocycles. The highest BCUT2D eigenvalue weighted by Gasteiger charge is 2.27. The van der Waals surface area contributed by atoms with Crippen LogP contribution in [0.15, 0.2) is 18.2 Å². The van der Waals surface area contributed by atoms with Crippen molar-refractivity contribution in [3.05, 3.63) is 23.8 Å². The van der Waals surface area contributed by atoms with Gasteiger partial charge in [-0.05, 0) is 38.8 Å². The van der Waals surface area contributed by atoms with Gasteiger partial charge in [-0.15, -0.1) is 0 Å². The van der Waals surface area contributed by atoms with E-state index in [9.17, 15) is 9.59 Å². The Morgan fingerprint density at radius 3 is 2.76 bits per heavy atom. The first-order chi connectivity index (χ1) is 10.0. The summed E-state index contributed by atoms with van der Waals surface area (Å²) in [7, 11) is 0. The van der Waals surface area contributed by atoms with Crippen LogP contribution in [0.2, 0.25) is 0 Å². The van der Waals surface area contributed by atoms with Gasteiger partial charge in [-0.3, -0.25) is 9.59 Å². The third-order valence-corrected chi connectivity index (χ3v) is 3.24. The van der Waals surface area contributed by atoms with Crippen LogP contribution in [0, 0.1) is 0 Å². The van der Waals surface area contributed by atoms with Crippen LogP contribution in [-0.2, 0) is 4.79 Å². The first-order valence-corrected chi connectivity index (χ1v) is 7.15. The summed E-state index contributed by atoms with van der Waals surface area (Å²) in [6.07, 6.45) is 2.02. The molecule has 0 aliphatic heterocycles. The van der Waals surface area contributed by atoms with Crippen LogP contribution < -0.4 is 21.1 Å². The van der Waals surface area contributed by atoms with Gasteiger partial charge in [-0.1, -0.05) is 6.07 Å². The van der Waals surface area contributed by atoms with E-state index in [0.29, 0.717) is 23.6 Å². The normalized spacial score (nSPS) is 15.1. The zero-order chi connectivity index (χ0) is 15.4. The van der Waals surface area contributed by atoms with E-state index in [1.54, 1.807) is 25.1 Å². The van der Waals surface area contributed by atoms with E-state index >= 15 is 0 Å². The number of ether oxygens (including phenoxy) is 1. The number of para-hydroxylation sites is 1. The fourth-order valence-corrected chi connectivity index (χ4v) is 1.93. The molecule has 1 atom stereocenters. The Labute approximate surface area is 124 Å². The average molecular weight is 291 g/mol. The molecule has 21 heavy (non-hydrogen) atoms. The molecule has 0 radical (unpaired) electrons. The highest BCUT2D eigenvalue weighted by atomic mass is 16.5. The summed E-state index contributed by atoms with van der Waals surface area (Å²) in [4.78, 5) is 24.1. The Morgan fingerprint density at radius 1 is 1.43 bits per heavy atom. The van der Waals surface area contributed by atoms with Crippen molar-refractivity contribution in [2.45, 2.75) is 38.8 Å². The molecular formula is C15H21N3O3. The number of rotatable bonds is 6. The van der Waals surface area contributed by atoms with Gasteiger partial charge < -0.3 is 21.1 Å². The topological polar surface area (TPSA) is 93.4 Å². The number of nitrogen functional groups attached to an aromatic ring is 1. The second kappa shape index (κ2) is 6.47. The molecule has 2 rings (SSSR count). The third kappa shape index (κ3) is 3.87. The summed E-state index contributed by atoms with van der Waals surface area (Å²) < 4.78 is 5.42. The summed E-state index contributed by atoms with van der Waals surface area (Å²) in [5.74, 6) is -0.191. The van der Waals surface area contributed by atoms with Crippen LogP contribution in [0.5, 0.6) is 5.75 Å². The Balaban J connectivity index is 2.05. The number of hydrogen-bond donors (Lipinski definition) is 3. The van der Waals surface area contributed by atoms with Crippen LogP contribution in [-0.4, -0.2) is 30.5 Å². The van der Waals surface area contributed by atoms with Crippen LogP contribution in [0.1, 0.15) is 37.0 Å². The number of carbonyl (C=O) groups is 2. The molecule has 0 saturated heterocycles. The largest absolute Gasteiger partial charge is 0.491 e. The summed E-state index contributed by atoms with van der Waals surface area (Å²) in [5.41, 5.74) is 6.56. The highest BCUT2D eigenvalue weighted by Crippen LogP contribution is 2.26. The Bertz CT molecular complexity index is 541. The quantitative estimate of drug-likeness (QED) is 0.683. The predicted molar refractivity (Wildman–Crippen MR) is 80.1 cm³/mol. The molecule has 2 amide bonds. The number of anilines is 1. The number of amides is 2. The minimum absolute atomic E-state index is 0.173. The minimum Gasteiger partial charge on any atom is -0.491 e. The molecule has 0 spiro atoms. The Kier molecular flexibility index (Phi) is 4.67. The summed E-state index contributed by atoms with van der Waals surface area (Å²) in [5, 5.41) is 5.52. The molecule has 0 aromatic heterocycles. The molecule has 0 bridgehead atoms. The lowest BCUT2D eigenvalue weighted by Crippen LogP contribution is -2.45. The van der Waals surface area contributed by atoms with Crippen molar-refractivity contribution in [2.75, 3.05) is 12.3 Å². The van der Waals surface area contributed by atoms with Gasteiger partial charge in [0.15, 0.2) is 5.75 Å².